The maximum atomic E-state index is 12.5. The maximum Gasteiger partial charge on any atom is 0.326 e. The van der Waals surface area contributed by atoms with Crippen LogP contribution >= 0.6 is 0 Å². The van der Waals surface area contributed by atoms with E-state index in [2.05, 4.69) is 0 Å². The molecule has 8 heteroatoms. The normalized spacial score (nSPS) is 38.2. The van der Waals surface area contributed by atoms with E-state index in [9.17, 15) is 29.7 Å². The number of carbonyl (C=O) groups excluding carboxylic acids is 2. The van der Waals surface area contributed by atoms with E-state index < -0.39 is 41.0 Å². The average Bonchev–Trinajstić information content (AvgIpc) is 2.51. The minimum Gasteiger partial charge on any atom is -0.480 e. The molecule has 1 amide bonds. The van der Waals surface area contributed by atoms with Crippen LogP contribution in [0.3, 0.4) is 0 Å². The van der Waals surface area contributed by atoms with Crippen molar-refractivity contribution in [2.45, 2.75) is 57.0 Å². The van der Waals surface area contributed by atoms with E-state index in [-0.39, 0.29) is 26.0 Å². The van der Waals surface area contributed by atoms with Gasteiger partial charge in [-0.25, -0.2) is 4.79 Å². The summed E-state index contributed by atoms with van der Waals surface area (Å²) < 4.78 is 5.13. The number of carbonyl (C=O) groups is 3. The Labute approximate surface area is 134 Å². The number of piperidine rings is 1. The number of aliphatic carboxylic acids is 1. The van der Waals surface area contributed by atoms with E-state index in [1.807, 2.05) is 0 Å². The second-order valence-electron chi connectivity index (χ2n) is 6.55. The van der Waals surface area contributed by atoms with Crippen LogP contribution in [0.4, 0.5) is 0 Å². The summed E-state index contributed by atoms with van der Waals surface area (Å²) in [5, 5.41) is 30.0. The lowest BCUT2D eigenvalue weighted by Crippen LogP contribution is -2.64. The number of nitrogens with zero attached hydrogens (tertiary/aromatic N) is 1. The van der Waals surface area contributed by atoms with Crippen molar-refractivity contribution < 1.29 is 34.4 Å². The highest BCUT2D eigenvalue weighted by Gasteiger charge is 2.56. The Morgan fingerprint density at radius 1 is 1.22 bits per heavy atom. The molecule has 2 aliphatic heterocycles. The zero-order chi connectivity index (χ0) is 17.4. The summed E-state index contributed by atoms with van der Waals surface area (Å²) >= 11 is 0. The molecule has 4 unspecified atom stereocenters. The van der Waals surface area contributed by atoms with Crippen LogP contribution in [0.1, 0.15) is 39.5 Å². The van der Waals surface area contributed by atoms with Crippen molar-refractivity contribution in [1.29, 1.82) is 0 Å². The average molecular weight is 329 g/mol. The Morgan fingerprint density at radius 3 is 2.48 bits per heavy atom. The highest BCUT2D eigenvalue weighted by Crippen LogP contribution is 2.37. The molecule has 0 aromatic carbocycles. The second-order valence-corrected chi connectivity index (χ2v) is 6.55. The molecular formula is C15H23NO7. The molecule has 4 atom stereocenters. The monoisotopic (exact) mass is 329 g/mol. The lowest BCUT2D eigenvalue weighted by Gasteiger charge is -2.45. The zero-order valence-electron chi connectivity index (χ0n) is 13.3. The summed E-state index contributed by atoms with van der Waals surface area (Å²) in [6.07, 6.45) is 1.73. The fourth-order valence-electron chi connectivity index (χ4n) is 3.15. The van der Waals surface area contributed by atoms with Gasteiger partial charge < -0.3 is 25.0 Å². The van der Waals surface area contributed by atoms with Crippen LogP contribution in [-0.2, 0) is 19.1 Å². The van der Waals surface area contributed by atoms with Gasteiger partial charge in [0.15, 0.2) is 0 Å². The highest BCUT2D eigenvalue weighted by atomic mass is 16.6. The lowest BCUT2D eigenvalue weighted by molar-refractivity contribution is -0.279. The molecule has 0 aromatic rings. The smallest absolute Gasteiger partial charge is 0.326 e. The molecular weight excluding hydrogens is 306 g/mol. The molecule has 130 valence electrons. The van der Waals surface area contributed by atoms with Gasteiger partial charge in [0.2, 0.25) is 5.79 Å². The van der Waals surface area contributed by atoms with Gasteiger partial charge in [0.1, 0.15) is 6.04 Å². The molecule has 0 saturated carbocycles. The topological polar surface area (TPSA) is 124 Å². The van der Waals surface area contributed by atoms with Gasteiger partial charge in [-0.1, -0.05) is 6.92 Å². The van der Waals surface area contributed by atoms with Crippen LogP contribution in [0, 0.1) is 5.92 Å². The third-order valence-electron chi connectivity index (χ3n) is 5.02. The van der Waals surface area contributed by atoms with Crippen LogP contribution in [0.15, 0.2) is 0 Å². The number of rotatable bonds is 3. The number of hydrogen-bond acceptors (Lipinski definition) is 6. The molecule has 0 spiro atoms. The molecule has 0 radical (unpaired) electrons. The first-order valence-electron chi connectivity index (χ1n) is 7.78. The Morgan fingerprint density at radius 2 is 1.87 bits per heavy atom. The first-order valence-corrected chi connectivity index (χ1v) is 7.78. The quantitative estimate of drug-likeness (QED) is 0.597. The summed E-state index contributed by atoms with van der Waals surface area (Å²) in [5.41, 5.74) is -1.36. The molecule has 8 nitrogen and oxygen atoms in total. The number of hydrogen-bond donors (Lipinski definition) is 3. The van der Waals surface area contributed by atoms with E-state index in [1.54, 1.807) is 0 Å². The Hall–Kier alpha value is -1.51. The number of aliphatic hydroxyl groups is 2. The summed E-state index contributed by atoms with van der Waals surface area (Å²) in [6.45, 7) is 2.96. The van der Waals surface area contributed by atoms with Crippen LogP contribution in [0.5, 0.6) is 0 Å². The first kappa shape index (κ1) is 17.8. The van der Waals surface area contributed by atoms with E-state index in [4.69, 9.17) is 4.74 Å². The molecule has 23 heavy (non-hydrogen) atoms. The number of ether oxygens (including phenoxy) is 1. The number of carboxylic acid groups (broad SMARTS) is 1. The summed E-state index contributed by atoms with van der Waals surface area (Å²) in [5.74, 6) is -6.95. The highest BCUT2D eigenvalue weighted by molar-refractivity contribution is 6.39. The maximum absolute atomic E-state index is 12.5. The van der Waals surface area contributed by atoms with Gasteiger partial charge in [-0.05, 0) is 32.6 Å². The molecule has 0 aliphatic carbocycles. The van der Waals surface area contributed by atoms with Crippen molar-refractivity contribution in [3.05, 3.63) is 0 Å². The lowest BCUT2D eigenvalue weighted by atomic mass is 9.77. The number of carboxylic acids is 1. The van der Waals surface area contributed by atoms with Gasteiger partial charge in [0, 0.05) is 12.5 Å². The van der Waals surface area contributed by atoms with Crippen LogP contribution in [0.2, 0.25) is 0 Å². The van der Waals surface area contributed by atoms with Gasteiger partial charge in [-0.3, -0.25) is 9.59 Å². The Balaban J connectivity index is 2.24. The molecule has 2 saturated heterocycles. The van der Waals surface area contributed by atoms with Gasteiger partial charge in [-0.2, -0.15) is 0 Å². The van der Waals surface area contributed by atoms with Crippen LogP contribution < -0.4 is 0 Å². The zero-order valence-corrected chi connectivity index (χ0v) is 13.3. The third-order valence-corrected chi connectivity index (χ3v) is 5.02. The predicted molar refractivity (Wildman–Crippen MR) is 77.3 cm³/mol. The van der Waals surface area contributed by atoms with E-state index in [0.29, 0.717) is 12.8 Å². The Bertz CT molecular complexity index is 518. The van der Waals surface area contributed by atoms with Gasteiger partial charge in [-0.15, -0.1) is 0 Å². The number of amides is 1. The van der Waals surface area contributed by atoms with Crippen molar-refractivity contribution >= 4 is 17.7 Å². The molecule has 0 bridgehead atoms. The van der Waals surface area contributed by atoms with Crippen molar-refractivity contribution in [3.8, 4) is 0 Å². The van der Waals surface area contributed by atoms with E-state index >= 15 is 0 Å². The van der Waals surface area contributed by atoms with Crippen molar-refractivity contribution in [1.82, 2.24) is 4.90 Å². The van der Waals surface area contributed by atoms with Crippen LogP contribution in [-0.4, -0.2) is 68.5 Å². The van der Waals surface area contributed by atoms with Gasteiger partial charge in [0.05, 0.1) is 12.2 Å². The predicted octanol–water partition coefficient (Wildman–Crippen LogP) is -0.483. The van der Waals surface area contributed by atoms with Gasteiger partial charge in [0.25, 0.3) is 11.7 Å². The molecule has 2 fully saturated rings. The van der Waals surface area contributed by atoms with E-state index in [0.717, 1.165) is 4.90 Å². The molecule has 0 aromatic heterocycles. The largest absolute Gasteiger partial charge is 0.480 e. The van der Waals surface area contributed by atoms with Crippen molar-refractivity contribution in [2.75, 3.05) is 13.2 Å². The van der Waals surface area contributed by atoms with E-state index in [1.165, 1.54) is 13.8 Å². The first-order chi connectivity index (χ1) is 10.6. The number of ketones is 1. The molecule has 2 heterocycles. The standard InChI is InChI=1S/C15H23NO7/c1-9-14(2,21)6-8-23-15(9,22)11(17)12(18)16-7-4-3-5-10(16)13(19)20/h9-10,21-22H,3-8H2,1-2H3,(H,19,20). The van der Waals surface area contributed by atoms with Crippen molar-refractivity contribution in [2.24, 2.45) is 5.92 Å². The van der Waals surface area contributed by atoms with Gasteiger partial charge >= 0.3 is 5.97 Å². The minimum absolute atomic E-state index is 0.0742. The summed E-state index contributed by atoms with van der Waals surface area (Å²) in [7, 11) is 0. The SMILES string of the molecule is CC1C(C)(O)CCOC1(O)C(=O)C(=O)N1CCCCC1C(=O)O. The summed E-state index contributed by atoms with van der Waals surface area (Å²) in [4.78, 5) is 37.2. The fraction of sp³-hybridized carbons (Fsp3) is 0.800. The second kappa shape index (κ2) is 6.18. The molecule has 2 rings (SSSR count). The molecule has 3 N–H and O–H groups in total. The third kappa shape index (κ3) is 3.11. The fourth-order valence-corrected chi connectivity index (χ4v) is 3.15. The minimum atomic E-state index is -2.45. The number of Topliss-reactive ketones (excluding diaryl/α,β-unsaturated/α-hetero) is 1. The summed E-state index contributed by atoms with van der Waals surface area (Å²) in [6, 6.07) is -1.08. The Kier molecular flexibility index (Phi) is 4.79. The number of likely N-dealkylation sites (tertiary alicyclic amines) is 1. The molecule has 2 aliphatic rings. The van der Waals surface area contributed by atoms with Crippen molar-refractivity contribution in [3.63, 3.8) is 0 Å². The van der Waals surface area contributed by atoms with Crippen LogP contribution in [0.25, 0.3) is 0 Å².